The molecule has 1 N–H and O–H groups in total. The highest BCUT2D eigenvalue weighted by molar-refractivity contribution is 5.49. The molecule has 1 aliphatic rings. The van der Waals surface area contributed by atoms with Gasteiger partial charge < -0.3 is 10.2 Å². The Morgan fingerprint density at radius 3 is 2.14 bits per heavy atom. The minimum Gasteiger partial charge on any atom is -0.376 e. The minimum absolute atomic E-state index is 0.115. The van der Waals surface area contributed by atoms with Crippen LogP contribution in [0, 0.1) is 0 Å². The average molecular weight is 294 g/mol. The van der Waals surface area contributed by atoms with Crippen LogP contribution in [0.2, 0.25) is 0 Å². The van der Waals surface area contributed by atoms with Gasteiger partial charge in [0.25, 0.3) is 0 Å². The summed E-state index contributed by atoms with van der Waals surface area (Å²) in [5, 5.41) is 3.84. The van der Waals surface area contributed by atoms with E-state index in [4.69, 9.17) is 0 Å². The van der Waals surface area contributed by atoms with Crippen molar-refractivity contribution in [3.8, 4) is 0 Å². The summed E-state index contributed by atoms with van der Waals surface area (Å²) in [6, 6.07) is 19.8. The van der Waals surface area contributed by atoms with Crippen molar-refractivity contribution >= 4 is 5.69 Å². The summed E-state index contributed by atoms with van der Waals surface area (Å²) in [6.07, 6.45) is 5.05. The molecule has 0 atom stereocenters. The zero-order chi connectivity index (χ0) is 15.4. The molecule has 0 aliphatic heterocycles. The second-order valence-corrected chi connectivity index (χ2v) is 6.71. The van der Waals surface area contributed by atoms with Crippen molar-refractivity contribution < 1.29 is 0 Å². The van der Waals surface area contributed by atoms with E-state index in [0.717, 1.165) is 6.54 Å². The summed E-state index contributed by atoms with van der Waals surface area (Å²) >= 11 is 0. The Morgan fingerprint density at radius 2 is 1.55 bits per heavy atom. The molecule has 3 rings (SSSR count). The number of nitrogens with one attached hydrogen (secondary N) is 1. The molecule has 2 aromatic carbocycles. The van der Waals surface area contributed by atoms with Crippen molar-refractivity contribution in [1.29, 1.82) is 0 Å². The second-order valence-electron chi connectivity index (χ2n) is 6.71. The van der Waals surface area contributed by atoms with Gasteiger partial charge in [0.2, 0.25) is 0 Å². The molecule has 116 valence electrons. The van der Waals surface area contributed by atoms with Gasteiger partial charge in [-0.2, -0.15) is 0 Å². The van der Waals surface area contributed by atoms with Crippen LogP contribution in [0.25, 0.3) is 0 Å². The van der Waals surface area contributed by atoms with Gasteiger partial charge in [0.05, 0.1) is 5.54 Å². The lowest BCUT2D eigenvalue weighted by molar-refractivity contribution is 0.402. The first kappa shape index (κ1) is 15.1. The van der Waals surface area contributed by atoms with Crippen LogP contribution in [0.1, 0.15) is 36.8 Å². The molecule has 0 unspecified atom stereocenters. The predicted molar refractivity (Wildman–Crippen MR) is 94.0 cm³/mol. The Labute approximate surface area is 134 Å². The van der Waals surface area contributed by atoms with E-state index in [2.05, 4.69) is 78.9 Å². The molecule has 0 saturated heterocycles. The minimum atomic E-state index is 0.115. The highest BCUT2D eigenvalue weighted by Gasteiger charge is 2.35. The lowest BCUT2D eigenvalue weighted by atomic mass is 9.88. The van der Waals surface area contributed by atoms with E-state index in [-0.39, 0.29) is 5.54 Å². The Morgan fingerprint density at radius 1 is 0.909 bits per heavy atom. The van der Waals surface area contributed by atoms with Crippen LogP contribution >= 0.6 is 0 Å². The largest absolute Gasteiger partial charge is 0.376 e. The highest BCUT2D eigenvalue weighted by atomic mass is 15.0. The molecule has 0 bridgehead atoms. The molecule has 2 heteroatoms. The fourth-order valence-electron chi connectivity index (χ4n) is 3.56. The van der Waals surface area contributed by atoms with Gasteiger partial charge in [0.1, 0.15) is 0 Å². The Kier molecular flexibility index (Phi) is 4.49. The zero-order valence-electron chi connectivity index (χ0n) is 13.7. The van der Waals surface area contributed by atoms with Gasteiger partial charge in [0.15, 0.2) is 0 Å². The standard InChI is InChI=1S/C20H26N2/c1-22(2)16-17-10-12-19(13-11-17)21-20(14-6-7-15-20)18-8-4-3-5-9-18/h3-5,8-13,21H,6-7,14-16H2,1-2H3. The van der Waals surface area contributed by atoms with Crippen LogP contribution in [0.4, 0.5) is 5.69 Å². The number of anilines is 1. The summed E-state index contributed by atoms with van der Waals surface area (Å²) in [5.41, 5.74) is 4.12. The second kappa shape index (κ2) is 6.53. The Bertz CT molecular complexity index is 581. The predicted octanol–water partition coefficient (Wildman–Crippen LogP) is 4.63. The molecule has 1 saturated carbocycles. The van der Waals surface area contributed by atoms with Gasteiger partial charge in [-0.25, -0.2) is 0 Å². The van der Waals surface area contributed by atoms with Gasteiger partial charge in [-0.1, -0.05) is 55.3 Å². The van der Waals surface area contributed by atoms with Gasteiger partial charge in [-0.3, -0.25) is 0 Å². The summed E-state index contributed by atoms with van der Waals surface area (Å²) in [4.78, 5) is 2.20. The van der Waals surface area contributed by atoms with Gasteiger partial charge in [-0.15, -0.1) is 0 Å². The van der Waals surface area contributed by atoms with Crippen molar-refractivity contribution in [2.45, 2.75) is 37.8 Å². The summed E-state index contributed by atoms with van der Waals surface area (Å²) in [6.45, 7) is 0.990. The maximum atomic E-state index is 3.84. The molecule has 0 amide bonds. The summed E-state index contributed by atoms with van der Waals surface area (Å²) < 4.78 is 0. The molecule has 0 aromatic heterocycles. The van der Waals surface area contributed by atoms with E-state index < -0.39 is 0 Å². The van der Waals surface area contributed by atoms with E-state index in [1.807, 2.05) is 0 Å². The van der Waals surface area contributed by atoms with Crippen molar-refractivity contribution in [1.82, 2.24) is 4.90 Å². The van der Waals surface area contributed by atoms with Crippen LogP contribution in [0.5, 0.6) is 0 Å². The maximum Gasteiger partial charge on any atom is 0.0625 e. The smallest absolute Gasteiger partial charge is 0.0625 e. The van der Waals surface area contributed by atoms with Crippen LogP contribution in [-0.2, 0) is 12.1 Å². The van der Waals surface area contributed by atoms with Crippen LogP contribution in [0.3, 0.4) is 0 Å². The average Bonchev–Trinajstić information content (AvgIpc) is 2.99. The van der Waals surface area contributed by atoms with E-state index in [1.54, 1.807) is 0 Å². The summed E-state index contributed by atoms with van der Waals surface area (Å²) in [5.74, 6) is 0. The lowest BCUT2D eigenvalue weighted by Gasteiger charge is -2.32. The van der Waals surface area contributed by atoms with Crippen molar-refractivity contribution in [2.75, 3.05) is 19.4 Å². The molecule has 2 aromatic rings. The third-order valence-corrected chi connectivity index (χ3v) is 4.62. The molecule has 0 spiro atoms. The van der Waals surface area contributed by atoms with Crippen molar-refractivity contribution in [3.63, 3.8) is 0 Å². The van der Waals surface area contributed by atoms with Crippen molar-refractivity contribution in [2.24, 2.45) is 0 Å². The highest BCUT2D eigenvalue weighted by Crippen LogP contribution is 2.41. The number of hydrogen-bond acceptors (Lipinski definition) is 2. The monoisotopic (exact) mass is 294 g/mol. The molecule has 0 radical (unpaired) electrons. The molecule has 1 aliphatic carbocycles. The first-order chi connectivity index (χ1) is 10.7. The molecular formula is C20H26N2. The van der Waals surface area contributed by atoms with E-state index >= 15 is 0 Å². The molecule has 22 heavy (non-hydrogen) atoms. The molecule has 2 nitrogen and oxygen atoms in total. The van der Waals surface area contributed by atoms with Crippen LogP contribution in [0.15, 0.2) is 54.6 Å². The normalized spacial score (nSPS) is 16.9. The Balaban J connectivity index is 1.80. The van der Waals surface area contributed by atoms with Crippen LogP contribution < -0.4 is 5.32 Å². The number of hydrogen-bond donors (Lipinski definition) is 1. The quantitative estimate of drug-likeness (QED) is 0.865. The van der Waals surface area contributed by atoms with Crippen molar-refractivity contribution in [3.05, 3.63) is 65.7 Å². The third kappa shape index (κ3) is 3.33. The first-order valence-corrected chi connectivity index (χ1v) is 8.25. The first-order valence-electron chi connectivity index (χ1n) is 8.25. The van der Waals surface area contributed by atoms with Crippen LogP contribution in [-0.4, -0.2) is 19.0 Å². The van der Waals surface area contributed by atoms with Gasteiger partial charge in [0, 0.05) is 12.2 Å². The van der Waals surface area contributed by atoms with E-state index in [9.17, 15) is 0 Å². The lowest BCUT2D eigenvalue weighted by Crippen LogP contribution is -2.32. The number of nitrogens with zero attached hydrogens (tertiary/aromatic N) is 1. The van der Waals surface area contributed by atoms with E-state index in [0.29, 0.717) is 0 Å². The Hall–Kier alpha value is -1.80. The topological polar surface area (TPSA) is 15.3 Å². The molecule has 0 heterocycles. The van der Waals surface area contributed by atoms with Gasteiger partial charge in [-0.05, 0) is 50.2 Å². The zero-order valence-corrected chi connectivity index (χ0v) is 13.7. The fraction of sp³-hybridized carbons (Fsp3) is 0.400. The molecule has 1 fully saturated rings. The van der Waals surface area contributed by atoms with Gasteiger partial charge >= 0.3 is 0 Å². The maximum absolute atomic E-state index is 3.84. The number of benzene rings is 2. The SMILES string of the molecule is CN(C)Cc1ccc(NC2(c3ccccc3)CCCC2)cc1. The van der Waals surface area contributed by atoms with E-state index in [1.165, 1.54) is 42.5 Å². The molecular weight excluding hydrogens is 268 g/mol. The third-order valence-electron chi connectivity index (χ3n) is 4.62. The number of rotatable bonds is 5. The summed E-state index contributed by atoms with van der Waals surface area (Å²) in [7, 11) is 4.21. The fourth-order valence-corrected chi connectivity index (χ4v) is 3.56.